The molecule has 1 saturated heterocycles. The third kappa shape index (κ3) is 4.75. The monoisotopic (exact) mass is 394 g/mol. The molecule has 3 amide bonds. The van der Waals surface area contributed by atoms with Crippen LogP contribution in [-0.2, 0) is 17.6 Å². The number of aryl methyl sites for hydroxylation is 1. The van der Waals surface area contributed by atoms with E-state index in [1.807, 2.05) is 12.1 Å². The first-order valence-corrected chi connectivity index (χ1v) is 10.1. The van der Waals surface area contributed by atoms with Gasteiger partial charge in [0.15, 0.2) is 0 Å². The van der Waals surface area contributed by atoms with Crippen LogP contribution in [0.25, 0.3) is 0 Å². The van der Waals surface area contributed by atoms with Gasteiger partial charge in [0.2, 0.25) is 5.91 Å². The number of fused-ring (bicyclic) bond motifs is 1. The van der Waals surface area contributed by atoms with Gasteiger partial charge in [-0.2, -0.15) is 0 Å². The molecule has 1 aliphatic carbocycles. The predicted octanol–water partition coefficient (Wildman–Crippen LogP) is 2.87. The molecule has 4 rings (SSSR count). The summed E-state index contributed by atoms with van der Waals surface area (Å²) in [5.74, 6) is -0.195. The molecule has 1 aliphatic heterocycles. The lowest BCUT2D eigenvalue weighted by Gasteiger charge is -2.19. The number of carbonyl (C=O) groups is 2. The maximum atomic E-state index is 12.5. The molecule has 152 valence electrons. The van der Waals surface area contributed by atoms with Crippen LogP contribution in [0.4, 0.5) is 21.9 Å². The molecular weight excluding hydrogens is 368 g/mol. The summed E-state index contributed by atoms with van der Waals surface area (Å²) in [6, 6.07) is 12.3. The van der Waals surface area contributed by atoms with Crippen LogP contribution in [-0.4, -0.2) is 35.7 Å². The summed E-state index contributed by atoms with van der Waals surface area (Å²) < 4.78 is 0. The highest BCUT2D eigenvalue weighted by molar-refractivity contribution is 6.01. The summed E-state index contributed by atoms with van der Waals surface area (Å²) >= 11 is 0. The van der Waals surface area contributed by atoms with Gasteiger partial charge in [0, 0.05) is 23.6 Å². The maximum absolute atomic E-state index is 12.5. The van der Waals surface area contributed by atoms with Crippen LogP contribution < -0.4 is 21.3 Å². The first-order chi connectivity index (χ1) is 14.1. The average Bonchev–Trinajstić information content (AvgIpc) is 3.15. The van der Waals surface area contributed by atoms with Gasteiger partial charge in [0.25, 0.3) is 0 Å². The average molecular weight is 394 g/mol. The number of β-amino-alcohol motifs (C(OH)–C–C–N with tert-alkyl or cyclic N) is 1. The fourth-order valence-electron chi connectivity index (χ4n) is 4.00. The van der Waals surface area contributed by atoms with E-state index < -0.39 is 12.1 Å². The lowest BCUT2D eigenvalue weighted by atomic mass is 9.90. The van der Waals surface area contributed by atoms with Gasteiger partial charge >= 0.3 is 6.03 Å². The number of amides is 3. The largest absolute Gasteiger partial charge is 0.392 e. The highest BCUT2D eigenvalue weighted by Gasteiger charge is 2.28. The number of aliphatic hydroxyl groups excluding tert-OH is 1. The highest BCUT2D eigenvalue weighted by Crippen LogP contribution is 2.28. The maximum Gasteiger partial charge on any atom is 0.323 e. The van der Waals surface area contributed by atoms with Crippen LogP contribution >= 0.6 is 0 Å². The van der Waals surface area contributed by atoms with E-state index >= 15 is 0 Å². The zero-order valence-electron chi connectivity index (χ0n) is 16.2. The highest BCUT2D eigenvalue weighted by atomic mass is 16.3. The molecular formula is C22H26N4O3. The van der Waals surface area contributed by atoms with Crippen molar-refractivity contribution in [1.82, 2.24) is 5.32 Å². The van der Waals surface area contributed by atoms with Crippen molar-refractivity contribution in [3.63, 3.8) is 0 Å². The van der Waals surface area contributed by atoms with Crippen LogP contribution in [0.2, 0.25) is 0 Å². The Hall–Kier alpha value is -2.90. The molecule has 2 atom stereocenters. The minimum Gasteiger partial charge on any atom is -0.392 e. The second-order valence-electron chi connectivity index (χ2n) is 7.65. The molecule has 0 aromatic heterocycles. The number of anilines is 3. The Balaban J connectivity index is 1.38. The molecule has 2 aromatic carbocycles. The number of hydrogen-bond donors (Lipinski definition) is 5. The van der Waals surface area contributed by atoms with E-state index in [9.17, 15) is 14.7 Å². The third-order valence-electron chi connectivity index (χ3n) is 5.46. The van der Waals surface area contributed by atoms with E-state index in [-0.39, 0.29) is 11.9 Å². The number of carbonyl (C=O) groups excluding carboxylic acids is 2. The van der Waals surface area contributed by atoms with Crippen molar-refractivity contribution in [2.75, 3.05) is 22.5 Å². The fraction of sp³-hybridized carbons (Fsp3) is 0.364. The molecule has 0 saturated carbocycles. The van der Waals surface area contributed by atoms with Crippen LogP contribution in [0.3, 0.4) is 0 Å². The van der Waals surface area contributed by atoms with Crippen LogP contribution in [0.15, 0.2) is 42.5 Å². The molecule has 7 heteroatoms. The van der Waals surface area contributed by atoms with Crippen molar-refractivity contribution in [2.24, 2.45) is 0 Å². The lowest BCUT2D eigenvalue weighted by Crippen LogP contribution is -2.35. The number of rotatable bonds is 4. The normalized spacial score (nSPS) is 20.6. The Labute approximate surface area is 169 Å². The summed E-state index contributed by atoms with van der Waals surface area (Å²) in [4.78, 5) is 24.8. The number of aliphatic hydroxyl groups is 1. The minimum absolute atomic E-state index is 0.195. The molecule has 1 fully saturated rings. The first kappa shape index (κ1) is 19.4. The zero-order chi connectivity index (χ0) is 20.2. The van der Waals surface area contributed by atoms with Gasteiger partial charge in [-0.15, -0.1) is 0 Å². The van der Waals surface area contributed by atoms with Crippen molar-refractivity contribution in [2.45, 2.75) is 44.2 Å². The van der Waals surface area contributed by atoms with E-state index in [4.69, 9.17) is 0 Å². The first-order valence-electron chi connectivity index (χ1n) is 10.1. The molecule has 5 N–H and O–H groups in total. The van der Waals surface area contributed by atoms with Crippen molar-refractivity contribution in [1.29, 1.82) is 0 Å². The quantitative estimate of drug-likeness (QED) is 0.550. The van der Waals surface area contributed by atoms with Crippen LogP contribution in [0.5, 0.6) is 0 Å². The SMILES string of the molecule is O=C(Nc1cccc(NC(=O)C2CC(O)CN2)c1)Nc1cccc2c1CCCC2. The molecule has 1 heterocycles. The molecule has 2 unspecified atom stereocenters. The summed E-state index contributed by atoms with van der Waals surface area (Å²) in [5, 5.41) is 21.1. The van der Waals surface area contributed by atoms with Gasteiger partial charge in [-0.3, -0.25) is 4.79 Å². The van der Waals surface area contributed by atoms with E-state index in [2.05, 4.69) is 27.3 Å². The Morgan fingerprint density at radius 1 is 0.966 bits per heavy atom. The smallest absolute Gasteiger partial charge is 0.323 e. The number of hydrogen-bond acceptors (Lipinski definition) is 4. The molecule has 29 heavy (non-hydrogen) atoms. The second kappa shape index (κ2) is 8.63. The summed E-state index contributed by atoms with van der Waals surface area (Å²) in [6.45, 7) is 0.420. The molecule has 0 bridgehead atoms. The minimum atomic E-state index is -0.494. The molecule has 2 aliphatic rings. The second-order valence-corrected chi connectivity index (χ2v) is 7.65. The van der Waals surface area contributed by atoms with E-state index in [0.717, 1.165) is 24.9 Å². The third-order valence-corrected chi connectivity index (χ3v) is 5.46. The Morgan fingerprint density at radius 2 is 1.72 bits per heavy atom. The fourth-order valence-corrected chi connectivity index (χ4v) is 4.00. The zero-order valence-corrected chi connectivity index (χ0v) is 16.2. The Kier molecular flexibility index (Phi) is 5.78. The number of urea groups is 1. The molecule has 7 nitrogen and oxygen atoms in total. The van der Waals surface area contributed by atoms with E-state index in [0.29, 0.717) is 24.3 Å². The van der Waals surface area contributed by atoms with Crippen molar-refractivity contribution in [3.05, 3.63) is 53.6 Å². The van der Waals surface area contributed by atoms with Crippen molar-refractivity contribution < 1.29 is 14.7 Å². The van der Waals surface area contributed by atoms with E-state index in [1.165, 1.54) is 17.5 Å². The van der Waals surface area contributed by atoms with E-state index in [1.54, 1.807) is 24.3 Å². The standard InChI is InChI=1S/C22H26N4O3/c27-17-12-20(23-13-17)21(28)24-15-7-4-8-16(11-15)25-22(29)26-19-10-3-6-14-5-1-2-9-18(14)19/h3-4,6-8,10-11,17,20,23,27H,1-2,5,9,12-13H2,(H,24,28)(H2,25,26,29). The summed E-state index contributed by atoms with van der Waals surface area (Å²) in [7, 11) is 0. The number of nitrogens with one attached hydrogen (secondary N) is 4. The molecule has 2 aromatic rings. The van der Waals surface area contributed by atoms with Gasteiger partial charge in [-0.1, -0.05) is 18.2 Å². The topological polar surface area (TPSA) is 102 Å². The predicted molar refractivity (Wildman–Crippen MR) is 113 cm³/mol. The Morgan fingerprint density at radius 3 is 2.52 bits per heavy atom. The summed E-state index contributed by atoms with van der Waals surface area (Å²) in [6.07, 6.45) is 4.27. The number of benzene rings is 2. The van der Waals surface area contributed by atoms with Crippen molar-refractivity contribution in [3.8, 4) is 0 Å². The van der Waals surface area contributed by atoms with Crippen LogP contribution in [0.1, 0.15) is 30.4 Å². The molecule has 0 radical (unpaired) electrons. The van der Waals surface area contributed by atoms with Crippen molar-refractivity contribution >= 4 is 29.0 Å². The molecule has 0 spiro atoms. The van der Waals surface area contributed by atoms with Gasteiger partial charge in [-0.05, 0) is 67.5 Å². The van der Waals surface area contributed by atoms with Gasteiger partial charge in [0.1, 0.15) is 0 Å². The van der Waals surface area contributed by atoms with Gasteiger partial charge in [-0.25, -0.2) is 4.79 Å². The van der Waals surface area contributed by atoms with Crippen LogP contribution in [0, 0.1) is 0 Å². The Bertz CT molecular complexity index is 915. The lowest BCUT2D eigenvalue weighted by molar-refractivity contribution is -0.117. The van der Waals surface area contributed by atoms with Gasteiger partial charge in [0.05, 0.1) is 12.1 Å². The van der Waals surface area contributed by atoms with Gasteiger partial charge < -0.3 is 26.4 Å². The summed E-state index contributed by atoms with van der Waals surface area (Å²) in [5.41, 5.74) is 4.57.